The summed E-state index contributed by atoms with van der Waals surface area (Å²) >= 11 is 8.74. The van der Waals surface area contributed by atoms with Crippen molar-refractivity contribution >= 4 is 27.5 Å². The fourth-order valence-electron chi connectivity index (χ4n) is 0.896. The topological polar surface area (TPSA) is 9.23 Å². The molecule has 0 unspecified atom stereocenters. The van der Waals surface area contributed by atoms with Crippen LogP contribution in [0.3, 0.4) is 0 Å². The number of hydrogen-bond acceptors (Lipinski definition) is 1. The first-order chi connectivity index (χ1) is 5.83. The molecule has 1 aromatic rings. The van der Waals surface area contributed by atoms with Gasteiger partial charge in [-0.1, -0.05) is 39.7 Å². The first-order valence-electron chi connectivity index (χ1n) is 3.71. The van der Waals surface area contributed by atoms with Crippen LogP contribution in [-0.2, 0) is 11.2 Å². The summed E-state index contributed by atoms with van der Waals surface area (Å²) in [6, 6.07) is 8.46. The van der Waals surface area contributed by atoms with Gasteiger partial charge in [-0.15, -0.1) is 0 Å². The summed E-state index contributed by atoms with van der Waals surface area (Å²) in [5, 5.41) is 0. The van der Waals surface area contributed by atoms with Gasteiger partial charge in [-0.3, -0.25) is 0 Å². The molecule has 1 rings (SSSR count). The minimum absolute atomic E-state index is 0.274. The Labute approximate surface area is 85.8 Å². The number of hydrogen-bond donors (Lipinski definition) is 0. The number of alkyl halides is 1. The summed E-state index contributed by atoms with van der Waals surface area (Å²) in [7, 11) is 0. The lowest BCUT2D eigenvalue weighted by atomic mass is 10.2. The van der Waals surface area contributed by atoms with Gasteiger partial charge in [-0.2, -0.15) is 0 Å². The molecule has 12 heavy (non-hydrogen) atoms. The van der Waals surface area contributed by atoms with E-state index in [1.54, 1.807) is 0 Å². The minimum Gasteiger partial charge on any atom is -0.365 e. The number of rotatable bonds is 4. The van der Waals surface area contributed by atoms with E-state index in [-0.39, 0.29) is 6.07 Å². The van der Waals surface area contributed by atoms with Gasteiger partial charge < -0.3 is 4.74 Å². The van der Waals surface area contributed by atoms with Gasteiger partial charge in [0.15, 0.2) is 0 Å². The third kappa shape index (κ3) is 3.57. The van der Waals surface area contributed by atoms with E-state index >= 15 is 0 Å². The monoisotopic (exact) mass is 248 g/mol. The van der Waals surface area contributed by atoms with E-state index in [0.717, 1.165) is 10.9 Å². The zero-order valence-electron chi connectivity index (χ0n) is 6.59. The molecule has 0 atom stereocenters. The fraction of sp³-hybridized carbons (Fsp3) is 0.333. The third-order valence-electron chi connectivity index (χ3n) is 1.53. The SMILES string of the molecule is ClCOCCc1ccc(Br)cc1. The van der Waals surface area contributed by atoms with Crippen LogP contribution >= 0.6 is 27.5 Å². The Bertz CT molecular complexity index is 222. The fourth-order valence-corrected chi connectivity index (χ4v) is 1.27. The van der Waals surface area contributed by atoms with E-state index in [9.17, 15) is 0 Å². The molecule has 0 aliphatic heterocycles. The van der Waals surface area contributed by atoms with Crippen LogP contribution in [-0.4, -0.2) is 12.7 Å². The van der Waals surface area contributed by atoms with E-state index in [4.69, 9.17) is 16.3 Å². The van der Waals surface area contributed by atoms with Crippen LogP contribution < -0.4 is 0 Å². The van der Waals surface area contributed by atoms with Crippen molar-refractivity contribution in [2.45, 2.75) is 6.42 Å². The summed E-state index contributed by atoms with van der Waals surface area (Å²) in [5.41, 5.74) is 1.27. The molecular formula is C9H10BrClO. The van der Waals surface area contributed by atoms with Crippen LogP contribution in [0.2, 0.25) is 0 Å². The molecule has 0 saturated heterocycles. The summed E-state index contributed by atoms with van der Waals surface area (Å²) < 4.78 is 6.12. The second-order valence-electron chi connectivity index (χ2n) is 2.39. The third-order valence-corrected chi connectivity index (χ3v) is 2.21. The van der Waals surface area contributed by atoms with Crippen molar-refractivity contribution in [3.63, 3.8) is 0 Å². The highest BCUT2D eigenvalue weighted by Crippen LogP contribution is 2.10. The van der Waals surface area contributed by atoms with Crippen molar-refractivity contribution in [2.24, 2.45) is 0 Å². The van der Waals surface area contributed by atoms with Crippen molar-refractivity contribution in [1.29, 1.82) is 0 Å². The molecular weight excluding hydrogens is 239 g/mol. The van der Waals surface area contributed by atoms with Crippen LogP contribution in [0.4, 0.5) is 0 Å². The Balaban J connectivity index is 2.37. The summed E-state index contributed by atoms with van der Waals surface area (Å²) in [6.07, 6.45) is 0.917. The van der Waals surface area contributed by atoms with Gasteiger partial charge in [0.25, 0.3) is 0 Å². The molecule has 0 saturated carbocycles. The molecule has 1 nitrogen and oxygen atoms in total. The Hall–Kier alpha value is -0.0500. The molecule has 0 spiro atoms. The van der Waals surface area contributed by atoms with Crippen LogP contribution in [0.15, 0.2) is 28.7 Å². The highest BCUT2D eigenvalue weighted by Gasteiger charge is 1.92. The molecule has 0 aliphatic rings. The number of benzene rings is 1. The lowest BCUT2D eigenvalue weighted by molar-refractivity contribution is 0.183. The van der Waals surface area contributed by atoms with Crippen LogP contribution in [0.5, 0.6) is 0 Å². The van der Waals surface area contributed by atoms with Crippen molar-refractivity contribution in [1.82, 2.24) is 0 Å². The molecule has 0 N–H and O–H groups in total. The maximum Gasteiger partial charge on any atom is 0.120 e. The highest BCUT2D eigenvalue weighted by atomic mass is 79.9. The molecule has 0 radical (unpaired) electrons. The molecule has 0 heterocycles. The van der Waals surface area contributed by atoms with Crippen molar-refractivity contribution < 1.29 is 4.74 Å². The lowest BCUT2D eigenvalue weighted by Gasteiger charge is -2.00. The van der Waals surface area contributed by atoms with Gasteiger partial charge in [0.1, 0.15) is 6.07 Å². The summed E-state index contributed by atoms with van der Waals surface area (Å²) in [4.78, 5) is 0. The first-order valence-corrected chi connectivity index (χ1v) is 5.04. The molecule has 0 bridgehead atoms. The predicted octanol–water partition coefficient (Wildman–Crippen LogP) is 3.20. The van der Waals surface area contributed by atoms with E-state index in [0.29, 0.717) is 6.61 Å². The van der Waals surface area contributed by atoms with Gasteiger partial charge in [-0.05, 0) is 24.1 Å². The second-order valence-corrected chi connectivity index (χ2v) is 3.53. The molecule has 0 aromatic heterocycles. The van der Waals surface area contributed by atoms with Gasteiger partial charge in [0.2, 0.25) is 0 Å². The van der Waals surface area contributed by atoms with Gasteiger partial charge >= 0.3 is 0 Å². The quantitative estimate of drug-likeness (QED) is 0.588. The molecule has 66 valence electrons. The maximum absolute atomic E-state index is 5.36. The largest absolute Gasteiger partial charge is 0.365 e. The standard InChI is InChI=1S/C9H10BrClO/c10-9-3-1-8(2-4-9)5-6-12-7-11/h1-4H,5-7H2. The van der Waals surface area contributed by atoms with Crippen molar-refractivity contribution in [2.75, 3.05) is 12.7 Å². The predicted molar refractivity (Wildman–Crippen MR) is 54.5 cm³/mol. The van der Waals surface area contributed by atoms with E-state index < -0.39 is 0 Å². The number of ether oxygens (including phenoxy) is 1. The van der Waals surface area contributed by atoms with Crippen molar-refractivity contribution in [3.8, 4) is 0 Å². The van der Waals surface area contributed by atoms with E-state index in [1.807, 2.05) is 12.1 Å². The Morgan fingerprint density at radius 1 is 1.25 bits per heavy atom. The van der Waals surface area contributed by atoms with Gasteiger partial charge in [0, 0.05) is 4.47 Å². The summed E-state index contributed by atoms with van der Waals surface area (Å²) in [6.45, 7) is 0.686. The minimum atomic E-state index is 0.274. The van der Waals surface area contributed by atoms with E-state index in [2.05, 4.69) is 28.1 Å². The highest BCUT2D eigenvalue weighted by molar-refractivity contribution is 9.10. The zero-order valence-corrected chi connectivity index (χ0v) is 8.94. The molecule has 0 amide bonds. The molecule has 0 fully saturated rings. The maximum atomic E-state index is 5.36. The van der Waals surface area contributed by atoms with Crippen LogP contribution in [0.1, 0.15) is 5.56 Å². The van der Waals surface area contributed by atoms with E-state index in [1.165, 1.54) is 5.56 Å². The molecule has 3 heteroatoms. The molecule has 1 aromatic carbocycles. The Morgan fingerprint density at radius 3 is 2.50 bits per heavy atom. The first kappa shape index (κ1) is 10.0. The van der Waals surface area contributed by atoms with Crippen LogP contribution in [0, 0.1) is 0 Å². The van der Waals surface area contributed by atoms with Gasteiger partial charge in [0.05, 0.1) is 6.61 Å². The number of halogens is 2. The van der Waals surface area contributed by atoms with Crippen LogP contribution in [0.25, 0.3) is 0 Å². The second kappa shape index (κ2) is 5.57. The zero-order chi connectivity index (χ0) is 8.81. The summed E-state index contributed by atoms with van der Waals surface area (Å²) in [5.74, 6) is 0. The van der Waals surface area contributed by atoms with Gasteiger partial charge in [-0.25, -0.2) is 0 Å². The normalized spacial score (nSPS) is 10.2. The lowest BCUT2D eigenvalue weighted by Crippen LogP contribution is -1.96. The Morgan fingerprint density at radius 2 is 1.92 bits per heavy atom. The average molecular weight is 250 g/mol. The van der Waals surface area contributed by atoms with Crippen molar-refractivity contribution in [3.05, 3.63) is 34.3 Å². The Kier molecular flexibility index (Phi) is 4.66. The molecule has 0 aliphatic carbocycles. The smallest absolute Gasteiger partial charge is 0.120 e. The average Bonchev–Trinajstić information content (AvgIpc) is 2.09.